The molecule has 0 amide bonds. The van der Waals surface area contributed by atoms with E-state index in [1.165, 1.54) is 0 Å². The van der Waals surface area contributed by atoms with Crippen molar-refractivity contribution in [2.75, 3.05) is 13.7 Å². The Kier molecular flexibility index (Phi) is 5.81. The molecule has 2 rings (SSSR count). The Balaban J connectivity index is 1.88. The van der Waals surface area contributed by atoms with Crippen LogP contribution in [0.3, 0.4) is 0 Å². The summed E-state index contributed by atoms with van der Waals surface area (Å²) in [5.74, 6) is -1.01. The zero-order valence-electron chi connectivity index (χ0n) is 13.7. The zero-order chi connectivity index (χ0) is 18.4. The topological polar surface area (TPSA) is 118 Å². The molecule has 0 aliphatic carbocycles. The van der Waals surface area contributed by atoms with E-state index in [9.17, 15) is 19.5 Å². The van der Waals surface area contributed by atoms with Crippen LogP contribution in [0.5, 0.6) is 0 Å². The first kappa shape index (κ1) is 18.5. The summed E-state index contributed by atoms with van der Waals surface area (Å²) >= 11 is 0. The molecule has 0 unspecified atom stereocenters. The molecule has 0 spiro atoms. The first-order valence-corrected chi connectivity index (χ1v) is 7.36. The van der Waals surface area contributed by atoms with Gasteiger partial charge in [0.25, 0.3) is 0 Å². The van der Waals surface area contributed by atoms with Gasteiger partial charge in [0.15, 0.2) is 17.8 Å². The van der Waals surface area contributed by atoms with E-state index >= 15 is 0 Å². The Morgan fingerprint density at radius 2 is 1.88 bits per heavy atom. The fraction of sp³-hybridized carbons (Fsp3) is 0.438. The molecule has 9 heteroatoms. The monoisotopic (exact) mass is 354 g/mol. The molecule has 0 radical (unpaired) electrons. The van der Waals surface area contributed by atoms with Gasteiger partial charge in [-0.05, 0) is 12.5 Å². The third-order valence-electron chi connectivity index (χ3n) is 3.52. The summed E-state index contributed by atoms with van der Waals surface area (Å²) in [6, 6.07) is 8.94. The van der Waals surface area contributed by atoms with Crippen LogP contribution in [-0.4, -0.2) is 54.9 Å². The van der Waals surface area contributed by atoms with Gasteiger partial charge in [0.1, 0.15) is 13.2 Å². The van der Waals surface area contributed by atoms with E-state index in [0.717, 1.165) is 19.6 Å². The van der Waals surface area contributed by atoms with Gasteiger partial charge in [-0.25, -0.2) is 14.4 Å². The maximum Gasteiger partial charge on any atom is 0.508 e. The normalized spacial score (nSPS) is 25.0. The van der Waals surface area contributed by atoms with Gasteiger partial charge in [-0.1, -0.05) is 30.3 Å². The molecule has 1 N–H and O–H groups in total. The zero-order valence-corrected chi connectivity index (χ0v) is 13.7. The number of carbonyl (C=O) groups excluding carboxylic acids is 3. The summed E-state index contributed by atoms with van der Waals surface area (Å²) < 4.78 is 23.8. The molecular formula is C16H18O9. The summed E-state index contributed by atoms with van der Waals surface area (Å²) in [4.78, 5) is 34.5. The van der Waals surface area contributed by atoms with Crippen LogP contribution in [0.1, 0.15) is 12.5 Å². The minimum absolute atomic E-state index is 0.00390. The standard InChI is InChI=1S/C16H18O9/c1-16(20)12(25-14(18)21-2)11(24-13(16)17)9-23-15(19)22-8-10-6-4-3-5-7-10/h3-7,11-12,20H,8-9H2,1-2H3/t11-,12-,16+/m1/s1. The molecule has 1 aromatic rings. The molecule has 0 aromatic heterocycles. The van der Waals surface area contributed by atoms with Crippen molar-refractivity contribution in [1.82, 2.24) is 0 Å². The molecule has 1 heterocycles. The van der Waals surface area contributed by atoms with E-state index in [0.29, 0.717) is 0 Å². The highest BCUT2D eigenvalue weighted by molar-refractivity contribution is 5.83. The predicted molar refractivity (Wildman–Crippen MR) is 80.4 cm³/mol. The van der Waals surface area contributed by atoms with E-state index < -0.39 is 42.7 Å². The lowest BCUT2D eigenvalue weighted by Crippen LogP contribution is -2.47. The second kappa shape index (κ2) is 7.84. The van der Waals surface area contributed by atoms with E-state index in [1.807, 2.05) is 6.07 Å². The van der Waals surface area contributed by atoms with E-state index in [4.69, 9.17) is 18.9 Å². The van der Waals surface area contributed by atoms with Crippen molar-refractivity contribution >= 4 is 18.3 Å². The largest absolute Gasteiger partial charge is 0.508 e. The lowest BCUT2D eigenvalue weighted by molar-refractivity contribution is -0.155. The average Bonchev–Trinajstić information content (AvgIpc) is 2.82. The number of aliphatic hydroxyl groups is 1. The molecule has 1 saturated heterocycles. The van der Waals surface area contributed by atoms with E-state index in [2.05, 4.69) is 4.74 Å². The van der Waals surface area contributed by atoms with Crippen LogP contribution < -0.4 is 0 Å². The lowest BCUT2D eigenvalue weighted by Gasteiger charge is -2.23. The first-order valence-electron chi connectivity index (χ1n) is 7.36. The van der Waals surface area contributed by atoms with Crippen molar-refractivity contribution in [2.45, 2.75) is 31.3 Å². The van der Waals surface area contributed by atoms with Gasteiger partial charge in [-0.3, -0.25) is 0 Å². The van der Waals surface area contributed by atoms with Crippen LogP contribution in [0.2, 0.25) is 0 Å². The number of carbonyl (C=O) groups is 3. The highest BCUT2D eigenvalue weighted by atomic mass is 16.8. The van der Waals surface area contributed by atoms with Crippen LogP contribution in [-0.2, 0) is 35.1 Å². The summed E-state index contributed by atoms with van der Waals surface area (Å²) in [6.45, 7) is 0.664. The number of methoxy groups -OCH3 is 1. The van der Waals surface area contributed by atoms with Crippen LogP contribution >= 0.6 is 0 Å². The lowest BCUT2D eigenvalue weighted by atomic mass is 9.98. The number of ether oxygens (including phenoxy) is 5. The molecule has 0 saturated carbocycles. The quantitative estimate of drug-likeness (QED) is 0.614. The second-order valence-electron chi connectivity index (χ2n) is 5.42. The smallest absolute Gasteiger partial charge is 0.452 e. The van der Waals surface area contributed by atoms with Crippen molar-refractivity contribution in [2.24, 2.45) is 0 Å². The Morgan fingerprint density at radius 3 is 2.52 bits per heavy atom. The first-order chi connectivity index (χ1) is 11.8. The fourth-order valence-corrected chi connectivity index (χ4v) is 2.17. The average molecular weight is 354 g/mol. The fourth-order valence-electron chi connectivity index (χ4n) is 2.17. The van der Waals surface area contributed by atoms with Crippen LogP contribution in [0.4, 0.5) is 9.59 Å². The molecule has 0 bridgehead atoms. The van der Waals surface area contributed by atoms with E-state index in [-0.39, 0.29) is 6.61 Å². The molecule has 1 aliphatic heterocycles. The number of esters is 1. The van der Waals surface area contributed by atoms with Crippen molar-refractivity contribution in [1.29, 1.82) is 0 Å². The van der Waals surface area contributed by atoms with Gasteiger partial charge in [0.05, 0.1) is 7.11 Å². The Hall–Kier alpha value is -2.81. The van der Waals surface area contributed by atoms with Gasteiger partial charge in [0.2, 0.25) is 0 Å². The summed E-state index contributed by atoms with van der Waals surface area (Å²) in [5, 5.41) is 10.1. The number of benzene rings is 1. The van der Waals surface area contributed by atoms with Crippen molar-refractivity contribution < 1.29 is 43.2 Å². The second-order valence-corrected chi connectivity index (χ2v) is 5.42. The Bertz CT molecular complexity index is 626. The number of cyclic esters (lactones) is 1. The molecule has 25 heavy (non-hydrogen) atoms. The number of rotatable bonds is 5. The van der Waals surface area contributed by atoms with Crippen molar-refractivity contribution in [3.05, 3.63) is 35.9 Å². The molecule has 1 fully saturated rings. The van der Waals surface area contributed by atoms with Gasteiger partial charge >= 0.3 is 18.3 Å². The van der Waals surface area contributed by atoms with Gasteiger partial charge in [0, 0.05) is 0 Å². The summed E-state index contributed by atoms with van der Waals surface area (Å²) in [5.41, 5.74) is -1.32. The minimum atomic E-state index is -2.09. The van der Waals surface area contributed by atoms with E-state index in [1.54, 1.807) is 24.3 Å². The molecule has 136 valence electrons. The van der Waals surface area contributed by atoms with Gasteiger partial charge in [-0.2, -0.15) is 0 Å². The maximum atomic E-state index is 11.7. The third kappa shape index (κ3) is 4.60. The molecule has 9 nitrogen and oxygen atoms in total. The van der Waals surface area contributed by atoms with Crippen LogP contribution in [0, 0.1) is 0 Å². The van der Waals surface area contributed by atoms with Crippen molar-refractivity contribution in [3.63, 3.8) is 0 Å². The van der Waals surface area contributed by atoms with Crippen LogP contribution in [0.25, 0.3) is 0 Å². The predicted octanol–water partition coefficient (Wildman–Crippen LogP) is 1.17. The number of hydrogen-bond donors (Lipinski definition) is 1. The van der Waals surface area contributed by atoms with Gasteiger partial charge in [-0.15, -0.1) is 0 Å². The minimum Gasteiger partial charge on any atom is -0.452 e. The molecule has 3 atom stereocenters. The Morgan fingerprint density at radius 1 is 1.20 bits per heavy atom. The maximum absolute atomic E-state index is 11.7. The highest BCUT2D eigenvalue weighted by Gasteiger charge is 2.56. The van der Waals surface area contributed by atoms with Crippen molar-refractivity contribution in [3.8, 4) is 0 Å². The summed E-state index contributed by atoms with van der Waals surface area (Å²) in [7, 11) is 1.07. The van der Waals surface area contributed by atoms with Crippen LogP contribution in [0.15, 0.2) is 30.3 Å². The summed E-state index contributed by atoms with van der Waals surface area (Å²) in [6.07, 6.45) is -4.69. The Labute approximate surface area is 143 Å². The highest BCUT2D eigenvalue weighted by Crippen LogP contribution is 2.29. The SMILES string of the molecule is COC(=O)O[C@@H]1[C@@H](COC(=O)OCc2ccccc2)OC(=O)[C@@]1(C)O. The molecular weight excluding hydrogens is 336 g/mol. The van der Waals surface area contributed by atoms with Gasteiger partial charge < -0.3 is 28.8 Å². The number of hydrogen-bond acceptors (Lipinski definition) is 9. The molecule has 1 aromatic carbocycles. The third-order valence-corrected chi connectivity index (χ3v) is 3.52. The molecule has 1 aliphatic rings.